The highest BCUT2D eigenvalue weighted by Crippen LogP contribution is 2.15. The van der Waals surface area contributed by atoms with Crippen LogP contribution in [0.1, 0.15) is 161 Å². The standard InChI is InChI=1S/C30H56O4/c1-2-3-4-5-6-7-8-9-10-11-12-13-14-15-16-17-18-19-20-21-22-23-24-25-26-28(30(33)34)27-29(31)32/h25-26,28H,2-24,27H2,1H3,(H,31,32)(H,33,34). The summed E-state index contributed by atoms with van der Waals surface area (Å²) in [6, 6.07) is 0. The summed E-state index contributed by atoms with van der Waals surface area (Å²) in [6.45, 7) is 2.28. The van der Waals surface area contributed by atoms with Gasteiger partial charge in [-0.2, -0.15) is 0 Å². The molecule has 0 aliphatic rings. The van der Waals surface area contributed by atoms with Gasteiger partial charge in [0.1, 0.15) is 0 Å². The SMILES string of the molecule is CCCCCCCCCCCCCCCCCCCCCCCCC=CC(CC(=O)O)C(=O)O. The van der Waals surface area contributed by atoms with Gasteiger partial charge in [-0.25, -0.2) is 0 Å². The predicted molar refractivity (Wildman–Crippen MR) is 144 cm³/mol. The predicted octanol–water partition coefficient (Wildman–Crippen LogP) is 9.71. The number of rotatable bonds is 27. The molecule has 0 aliphatic heterocycles. The minimum Gasteiger partial charge on any atom is -0.481 e. The Kier molecular flexibility index (Phi) is 25.3. The molecule has 1 unspecified atom stereocenters. The zero-order chi connectivity index (χ0) is 25.1. The summed E-state index contributed by atoms with van der Waals surface area (Å²) >= 11 is 0. The molecule has 0 saturated heterocycles. The van der Waals surface area contributed by atoms with E-state index in [2.05, 4.69) is 6.92 Å². The van der Waals surface area contributed by atoms with Crippen molar-refractivity contribution in [1.29, 1.82) is 0 Å². The average Bonchev–Trinajstić information content (AvgIpc) is 2.80. The molecule has 0 aromatic heterocycles. The molecule has 4 heteroatoms. The Morgan fingerprint density at radius 2 is 0.882 bits per heavy atom. The van der Waals surface area contributed by atoms with Crippen LogP contribution in [0.5, 0.6) is 0 Å². The molecule has 0 aromatic carbocycles. The van der Waals surface area contributed by atoms with E-state index >= 15 is 0 Å². The van der Waals surface area contributed by atoms with E-state index < -0.39 is 17.9 Å². The average molecular weight is 481 g/mol. The normalized spacial score (nSPS) is 12.4. The molecule has 0 radical (unpaired) electrons. The van der Waals surface area contributed by atoms with Crippen molar-refractivity contribution >= 4 is 11.9 Å². The van der Waals surface area contributed by atoms with Crippen molar-refractivity contribution in [2.75, 3.05) is 0 Å². The summed E-state index contributed by atoms with van der Waals surface area (Å²) in [6.07, 6.45) is 34.1. The van der Waals surface area contributed by atoms with Crippen LogP contribution in [0.3, 0.4) is 0 Å². The van der Waals surface area contributed by atoms with Crippen LogP contribution in [0, 0.1) is 5.92 Å². The van der Waals surface area contributed by atoms with Crippen LogP contribution >= 0.6 is 0 Å². The molecule has 0 saturated carbocycles. The van der Waals surface area contributed by atoms with Crippen molar-refractivity contribution in [3.05, 3.63) is 12.2 Å². The van der Waals surface area contributed by atoms with Crippen LogP contribution < -0.4 is 0 Å². The van der Waals surface area contributed by atoms with Gasteiger partial charge in [-0.3, -0.25) is 9.59 Å². The van der Waals surface area contributed by atoms with E-state index in [-0.39, 0.29) is 6.42 Å². The zero-order valence-corrected chi connectivity index (χ0v) is 22.4. The lowest BCUT2D eigenvalue weighted by atomic mass is 10.0. The molecule has 34 heavy (non-hydrogen) atoms. The largest absolute Gasteiger partial charge is 0.481 e. The van der Waals surface area contributed by atoms with Crippen LogP contribution in [0.4, 0.5) is 0 Å². The Morgan fingerprint density at radius 1 is 0.559 bits per heavy atom. The minimum absolute atomic E-state index is 0.342. The fourth-order valence-corrected chi connectivity index (χ4v) is 4.56. The molecule has 0 aromatic rings. The summed E-state index contributed by atoms with van der Waals surface area (Å²) in [7, 11) is 0. The molecule has 4 nitrogen and oxygen atoms in total. The van der Waals surface area contributed by atoms with Gasteiger partial charge in [-0.15, -0.1) is 0 Å². The lowest BCUT2D eigenvalue weighted by molar-refractivity contribution is -0.146. The number of allylic oxidation sites excluding steroid dienone is 1. The van der Waals surface area contributed by atoms with E-state index in [9.17, 15) is 9.59 Å². The minimum atomic E-state index is -1.07. The molecular weight excluding hydrogens is 424 g/mol. The summed E-state index contributed by atoms with van der Waals surface area (Å²) in [5.41, 5.74) is 0. The first kappa shape index (κ1) is 32.7. The van der Waals surface area contributed by atoms with Gasteiger partial charge in [0, 0.05) is 0 Å². The molecule has 0 spiro atoms. The quantitative estimate of drug-likeness (QED) is 0.0906. The topological polar surface area (TPSA) is 74.6 Å². The smallest absolute Gasteiger partial charge is 0.310 e. The van der Waals surface area contributed by atoms with Gasteiger partial charge in [0.2, 0.25) is 0 Å². The maximum Gasteiger partial charge on any atom is 0.310 e. The van der Waals surface area contributed by atoms with Crippen molar-refractivity contribution in [3.63, 3.8) is 0 Å². The van der Waals surface area contributed by atoms with Crippen molar-refractivity contribution < 1.29 is 19.8 Å². The lowest BCUT2D eigenvalue weighted by Gasteiger charge is -2.04. The molecule has 0 fully saturated rings. The molecule has 0 bridgehead atoms. The Balaban J connectivity index is 3.23. The highest BCUT2D eigenvalue weighted by atomic mass is 16.4. The number of carboxylic acid groups (broad SMARTS) is 2. The van der Waals surface area contributed by atoms with E-state index in [0.29, 0.717) is 0 Å². The second kappa shape index (κ2) is 26.3. The maximum absolute atomic E-state index is 11.0. The Bertz CT molecular complexity index is 486. The highest BCUT2D eigenvalue weighted by Gasteiger charge is 2.17. The zero-order valence-electron chi connectivity index (χ0n) is 22.4. The van der Waals surface area contributed by atoms with E-state index in [1.165, 1.54) is 141 Å². The van der Waals surface area contributed by atoms with E-state index in [1.807, 2.05) is 6.08 Å². The number of aliphatic carboxylic acids is 2. The lowest BCUT2D eigenvalue weighted by Crippen LogP contribution is -2.15. The number of unbranched alkanes of at least 4 members (excludes halogenated alkanes) is 22. The third kappa shape index (κ3) is 25.3. The molecule has 2 N–H and O–H groups in total. The van der Waals surface area contributed by atoms with Crippen molar-refractivity contribution in [3.8, 4) is 0 Å². The van der Waals surface area contributed by atoms with Crippen molar-refractivity contribution in [2.45, 2.75) is 161 Å². The number of carboxylic acids is 2. The molecular formula is C30H56O4. The van der Waals surface area contributed by atoms with Gasteiger partial charge in [0.15, 0.2) is 0 Å². The van der Waals surface area contributed by atoms with Crippen LogP contribution in [0.25, 0.3) is 0 Å². The highest BCUT2D eigenvalue weighted by molar-refractivity contribution is 5.79. The first-order valence-corrected chi connectivity index (χ1v) is 14.7. The van der Waals surface area contributed by atoms with Crippen LogP contribution in [-0.2, 0) is 9.59 Å². The molecule has 0 aliphatic carbocycles. The van der Waals surface area contributed by atoms with Gasteiger partial charge >= 0.3 is 11.9 Å². The second-order valence-corrected chi connectivity index (χ2v) is 10.2. The second-order valence-electron chi connectivity index (χ2n) is 10.2. The Hall–Kier alpha value is -1.32. The summed E-state index contributed by atoms with van der Waals surface area (Å²) in [5.74, 6) is -3.04. The van der Waals surface area contributed by atoms with Gasteiger partial charge in [0.25, 0.3) is 0 Å². The third-order valence-electron chi connectivity index (χ3n) is 6.80. The van der Waals surface area contributed by atoms with Crippen LogP contribution in [0.2, 0.25) is 0 Å². The number of hydrogen-bond donors (Lipinski definition) is 2. The maximum atomic E-state index is 11.0. The van der Waals surface area contributed by atoms with E-state index in [4.69, 9.17) is 10.2 Å². The summed E-state index contributed by atoms with van der Waals surface area (Å²) < 4.78 is 0. The summed E-state index contributed by atoms with van der Waals surface area (Å²) in [4.78, 5) is 21.6. The third-order valence-corrected chi connectivity index (χ3v) is 6.80. The van der Waals surface area contributed by atoms with Crippen molar-refractivity contribution in [2.24, 2.45) is 5.92 Å². The first-order chi connectivity index (χ1) is 16.6. The number of hydrogen-bond acceptors (Lipinski definition) is 2. The van der Waals surface area contributed by atoms with Crippen LogP contribution in [0.15, 0.2) is 12.2 Å². The Morgan fingerprint density at radius 3 is 1.18 bits per heavy atom. The van der Waals surface area contributed by atoms with Gasteiger partial charge in [-0.1, -0.05) is 154 Å². The van der Waals surface area contributed by atoms with E-state index in [0.717, 1.165) is 12.8 Å². The monoisotopic (exact) mass is 480 g/mol. The fraction of sp³-hybridized carbons (Fsp3) is 0.867. The van der Waals surface area contributed by atoms with Gasteiger partial charge < -0.3 is 10.2 Å². The molecule has 0 amide bonds. The van der Waals surface area contributed by atoms with E-state index in [1.54, 1.807) is 0 Å². The molecule has 0 rings (SSSR count). The van der Waals surface area contributed by atoms with Crippen molar-refractivity contribution in [1.82, 2.24) is 0 Å². The van der Waals surface area contributed by atoms with Crippen LogP contribution in [-0.4, -0.2) is 22.2 Å². The summed E-state index contributed by atoms with van der Waals surface area (Å²) in [5, 5.41) is 17.7. The van der Waals surface area contributed by atoms with Gasteiger partial charge in [0.05, 0.1) is 12.3 Å². The molecule has 0 heterocycles. The number of carbonyl (C=O) groups is 2. The fourth-order valence-electron chi connectivity index (χ4n) is 4.56. The first-order valence-electron chi connectivity index (χ1n) is 14.7. The Labute approximate surface area is 211 Å². The molecule has 1 atom stereocenters. The van der Waals surface area contributed by atoms with Gasteiger partial charge in [-0.05, 0) is 12.8 Å². The molecule has 200 valence electrons.